The molecule has 0 saturated heterocycles. The first-order valence-corrected chi connectivity index (χ1v) is 17.0. The van der Waals surface area contributed by atoms with Crippen molar-refractivity contribution in [1.29, 1.82) is 0 Å². The van der Waals surface area contributed by atoms with E-state index in [1.165, 1.54) is 0 Å². The molecule has 0 amide bonds. The zero-order chi connectivity index (χ0) is 64.9. The van der Waals surface area contributed by atoms with Crippen LogP contribution in [0.1, 0.15) is 43.9 Å². The Morgan fingerprint density at radius 2 is 0.893 bits per heavy atom. The number of aromatic nitrogens is 4. The minimum Gasteiger partial charge on any atom is -0.309 e. The van der Waals surface area contributed by atoms with Crippen molar-refractivity contribution in [2.24, 2.45) is 0 Å². The Bertz CT molecular complexity index is 4910. The average molecular weight is 765 g/mol. The zero-order valence-corrected chi connectivity index (χ0v) is 28.5. The number of rotatable bonds is 6. The van der Waals surface area contributed by atoms with Crippen molar-refractivity contribution in [2.45, 2.75) is 0 Å². The van der Waals surface area contributed by atoms with Crippen molar-refractivity contribution in [1.82, 2.24) is 19.5 Å². The smallest absolute Gasteiger partial charge is 0.164 e. The number of benzene rings is 8. The summed E-state index contributed by atoms with van der Waals surface area (Å²) in [6, 6.07) is -29.6. The van der Waals surface area contributed by atoms with Gasteiger partial charge in [0.25, 0.3) is 0 Å². The number of hydrogen-bond acceptors (Lipinski definition) is 4. The summed E-state index contributed by atoms with van der Waals surface area (Å²) in [5.41, 5.74) is -7.51. The van der Waals surface area contributed by atoms with Crippen LogP contribution in [0.3, 0.4) is 0 Å². The fourth-order valence-electron chi connectivity index (χ4n) is 6.07. The molecule has 0 N–H and O–H groups in total. The predicted molar refractivity (Wildman–Crippen MR) is 234 cm³/mol. The van der Waals surface area contributed by atoms with Crippen molar-refractivity contribution in [3.05, 3.63) is 193 Å². The van der Waals surface area contributed by atoms with Gasteiger partial charge < -0.3 is 4.57 Å². The number of thiophene rings is 1. The minimum atomic E-state index is -1.06. The van der Waals surface area contributed by atoms with Crippen molar-refractivity contribution in [2.75, 3.05) is 0 Å². The van der Waals surface area contributed by atoms with E-state index in [0.717, 1.165) is 4.57 Å². The second-order valence-electron chi connectivity index (χ2n) is 11.6. The van der Waals surface area contributed by atoms with Crippen molar-refractivity contribution in [3.8, 4) is 62.1 Å². The highest BCUT2D eigenvalue weighted by molar-refractivity contribution is 7.26. The molecule has 0 atom stereocenters. The molecule has 0 saturated carbocycles. The van der Waals surface area contributed by atoms with Gasteiger partial charge in [-0.2, -0.15) is 0 Å². The van der Waals surface area contributed by atoms with Crippen LogP contribution in [-0.4, -0.2) is 19.5 Å². The Morgan fingerprint density at radius 1 is 0.375 bits per heavy atom. The molecule has 11 rings (SSSR count). The number of nitrogens with zero attached hydrogens (tertiary/aromatic N) is 4. The third-order valence-corrected chi connectivity index (χ3v) is 9.45. The van der Waals surface area contributed by atoms with Gasteiger partial charge in [-0.25, -0.2) is 15.0 Å². The summed E-state index contributed by atoms with van der Waals surface area (Å²) in [4.78, 5) is 12.7. The van der Waals surface area contributed by atoms with E-state index in [0.29, 0.717) is 11.3 Å². The number of para-hydroxylation sites is 3. The van der Waals surface area contributed by atoms with E-state index >= 15 is 0 Å². The molecule has 0 aliphatic heterocycles. The van der Waals surface area contributed by atoms with Crippen molar-refractivity contribution >= 4 is 53.3 Å². The lowest BCUT2D eigenvalue weighted by atomic mass is 9.96. The van der Waals surface area contributed by atoms with E-state index in [1.807, 2.05) is 0 Å². The monoisotopic (exact) mass is 764 g/mol. The lowest BCUT2D eigenvalue weighted by Gasteiger charge is -2.15. The third-order valence-electron chi connectivity index (χ3n) is 8.43. The lowest BCUT2D eigenvalue weighted by Crippen LogP contribution is -2.00. The maximum atomic E-state index is 9.81. The zero-order valence-electron chi connectivity index (χ0n) is 59.7. The van der Waals surface area contributed by atoms with E-state index in [-0.39, 0.29) is 4.70 Å². The molecule has 0 spiro atoms. The van der Waals surface area contributed by atoms with Gasteiger partial charge in [0.15, 0.2) is 17.5 Å². The van der Waals surface area contributed by atoms with Gasteiger partial charge in [-0.1, -0.05) is 157 Å². The topological polar surface area (TPSA) is 43.6 Å². The van der Waals surface area contributed by atoms with Gasteiger partial charge in [0.2, 0.25) is 0 Å². The lowest BCUT2D eigenvalue weighted by molar-refractivity contribution is 1.07. The average Bonchev–Trinajstić information content (AvgIpc) is 1.49. The van der Waals surface area contributed by atoms with Gasteiger partial charge >= 0.3 is 0 Å². The van der Waals surface area contributed by atoms with E-state index in [2.05, 4.69) is 15.0 Å². The Balaban J connectivity index is 1.27. The van der Waals surface area contributed by atoms with Gasteiger partial charge in [-0.3, -0.25) is 0 Å². The van der Waals surface area contributed by atoms with Crippen LogP contribution in [0, 0.1) is 0 Å². The highest BCUT2D eigenvalue weighted by Gasteiger charge is 2.19. The Kier molecular flexibility index (Phi) is 3.20. The molecule has 0 aliphatic carbocycles. The Morgan fingerprint density at radius 3 is 1.59 bits per heavy atom. The predicted octanol–water partition coefficient (Wildman–Crippen LogP) is 13.7. The normalized spacial score (nSPS) is 19.6. The fourth-order valence-corrected chi connectivity index (χ4v) is 7.10. The highest BCUT2D eigenvalue weighted by atomic mass is 32.1. The van der Waals surface area contributed by atoms with Crippen LogP contribution >= 0.6 is 11.3 Å². The van der Waals surface area contributed by atoms with E-state index in [4.69, 9.17) is 31.5 Å². The molecule has 0 unspecified atom stereocenters. The second kappa shape index (κ2) is 13.3. The molecule has 3 aromatic heterocycles. The minimum absolute atomic E-state index is 0.375. The van der Waals surface area contributed by atoms with Gasteiger partial charge in [-0.05, 0) is 52.9 Å². The third kappa shape index (κ3) is 5.40. The standard InChI is InChI=1S/C51H32N4S/c1-3-15-33(16-4-1)49-52-50(34-17-5-2-6-18-34)54-51(53-49)37-20-13-19-35(31-37)36-29-30-42-47(32-36)56-46-28-14-24-41(48(42)46)40-23-9-12-27-45(40)55-43-25-10-7-21-38(43)39-22-8-11-26-44(39)55/h1-32H/i1D,2D,3D,4D,5D,6D,7D,8D,9D,10D,11D,12D,13D,14D,15D,16D,17D,18D,19D,20D,21D,22D,23D,24D,25D,26D,27D,28D,29D,30D,31D,32D. The quantitative estimate of drug-likeness (QED) is 0.169. The summed E-state index contributed by atoms with van der Waals surface area (Å²) in [5.74, 6) is -2.57. The summed E-state index contributed by atoms with van der Waals surface area (Å²) in [6.07, 6.45) is 0. The molecule has 5 heteroatoms. The van der Waals surface area contributed by atoms with Crippen LogP contribution in [0.15, 0.2) is 193 Å². The summed E-state index contributed by atoms with van der Waals surface area (Å²) in [5, 5.41) is -2.01. The summed E-state index contributed by atoms with van der Waals surface area (Å²) < 4.78 is 286. The molecular formula is C51H32N4S. The first-order valence-electron chi connectivity index (χ1n) is 32.2. The van der Waals surface area contributed by atoms with Gasteiger partial charge in [0.05, 0.1) is 60.6 Å². The Hall–Kier alpha value is -7.21. The summed E-state index contributed by atoms with van der Waals surface area (Å²) in [7, 11) is 0. The van der Waals surface area contributed by atoms with Gasteiger partial charge in [-0.15, -0.1) is 11.3 Å². The molecule has 4 nitrogen and oxygen atoms in total. The van der Waals surface area contributed by atoms with E-state index in [1.54, 1.807) is 0 Å². The molecule has 8 aromatic carbocycles. The Labute approximate surface area is 372 Å². The van der Waals surface area contributed by atoms with E-state index < -0.39 is 293 Å². The molecule has 56 heavy (non-hydrogen) atoms. The maximum Gasteiger partial charge on any atom is 0.164 e. The van der Waals surface area contributed by atoms with Crippen LogP contribution in [0.25, 0.3) is 104 Å². The molecule has 0 aliphatic rings. The highest BCUT2D eigenvalue weighted by Crippen LogP contribution is 2.44. The molecule has 0 radical (unpaired) electrons. The molecule has 11 aromatic rings. The largest absolute Gasteiger partial charge is 0.309 e. The second-order valence-corrected chi connectivity index (χ2v) is 12.6. The maximum absolute atomic E-state index is 9.81. The van der Waals surface area contributed by atoms with Crippen LogP contribution < -0.4 is 0 Å². The molecule has 3 heterocycles. The fraction of sp³-hybridized carbons (Fsp3) is 0. The van der Waals surface area contributed by atoms with Crippen LogP contribution in [0.4, 0.5) is 0 Å². The number of fused-ring (bicyclic) bond motifs is 6. The SMILES string of the molecule is [2H]c1c([2H])c([2H])c(-c2nc(-c3c([2H])c([2H])c([2H])c([2H])c3[2H])nc(-c3c([2H])c([2H])c([2H])c(-c4c([2H])c([2H])c5c(sc6c([2H])c([2H])c([2H])c(-c7c([2H])c([2H])c([2H])c([2H])c7-n7c8c([2H])c([2H])c([2H])c([2H])c8c8c([2H])c([2H])c([2H])c([2H])c87)c65)c4[2H])c3[2H])n2)c([2H])c1[2H]. The molecule has 262 valence electrons. The van der Waals surface area contributed by atoms with E-state index in [9.17, 15) is 12.3 Å². The summed E-state index contributed by atoms with van der Waals surface area (Å²) >= 11 is 0.471. The summed E-state index contributed by atoms with van der Waals surface area (Å²) in [6.45, 7) is 0. The first-order chi connectivity index (χ1) is 41.1. The molecule has 0 fully saturated rings. The number of hydrogen-bond donors (Lipinski definition) is 0. The van der Waals surface area contributed by atoms with Crippen LogP contribution in [-0.2, 0) is 0 Å². The van der Waals surface area contributed by atoms with Crippen LogP contribution in [0.2, 0.25) is 0 Å². The van der Waals surface area contributed by atoms with Gasteiger partial charge in [0.1, 0.15) is 0 Å². The van der Waals surface area contributed by atoms with Crippen molar-refractivity contribution < 1.29 is 43.9 Å². The van der Waals surface area contributed by atoms with Crippen LogP contribution in [0.5, 0.6) is 0 Å². The molecular weight excluding hydrogens is 701 g/mol. The first kappa shape index (κ1) is 13.5. The molecule has 0 bridgehead atoms. The van der Waals surface area contributed by atoms with Crippen molar-refractivity contribution in [3.63, 3.8) is 0 Å². The van der Waals surface area contributed by atoms with Gasteiger partial charge in [0, 0.05) is 53.2 Å².